The van der Waals surface area contributed by atoms with Crippen LogP contribution in [0.2, 0.25) is 0 Å². The van der Waals surface area contributed by atoms with Gasteiger partial charge >= 0.3 is 0 Å². The number of fused-ring (bicyclic) bond motifs is 1. The average molecular weight is 351 g/mol. The van der Waals surface area contributed by atoms with Crippen molar-refractivity contribution < 1.29 is 0 Å². The number of benzene rings is 1. The Morgan fingerprint density at radius 3 is 2.65 bits per heavy atom. The van der Waals surface area contributed by atoms with Gasteiger partial charge < -0.3 is 4.90 Å². The number of anilines is 1. The second-order valence-electron chi connectivity index (χ2n) is 6.79. The normalized spacial score (nSPS) is 15.5. The first-order valence-electron chi connectivity index (χ1n) is 8.84. The minimum absolute atomic E-state index is 0.0129. The summed E-state index contributed by atoms with van der Waals surface area (Å²) in [5.41, 5.74) is 0.699. The fraction of sp³-hybridized carbons (Fsp3) is 0.368. The molecule has 0 amide bonds. The summed E-state index contributed by atoms with van der Waals surface area (Å²) in [6.07, 6.45) is 5.02. The Balaban J connectivity index is 1.52. The van der Waals surface area contributed by atoms with Crippen molar-refractivity contribution in [1.82, 2.24) is 19.1 Å². The molecule has 134 valence electrons. The van der Waals surface area contributed by atoms with Crippen molar-refractivity contribution in [2.45, 2.75) is 19.4 Å². The van der Waals surface area contributed by atoms with Gasteiger partial charge in [0.15, 0.2) is 0 Å². The third-order valence-electron chi connectivity index (χ3n) is 5.10. The van der Waals surface area contributed by atoms with E-state index in [0.717, 1.165) is 31.4 Å². The van der Waals surface area contributed by atoms with Crippen molar-refractivity contribution in [3.63, 3.8) is 0 Å². The van der Waals surface area contributed by atoms with Crippen molar-refractivity contribution in [3.05, 3.63) is 63.6 Å². The van der Waals surface area contributed by atoms with E-state index >= 15 is 0 Å². The highest BCUT2D eigenvalue weighted by Gasteiger charge is 2.23. The fourth-order valence-corrected chi connectivity index (χ4v) is 3.60. The van der Waals surface area contributed by atoms with Crippen LogP contribution in [0.3, 0.4) is 0 Å². The minimum atomic E-state index is -0.0189. The molecule has 1 saturated heterocycles. The van der Waals surface area contributed by atoms with Crippen LogP contribution in [0.5, 0.6) is 0 Å². The van der Waals surface area contributed by atoms with Gasteiger partial charge in [-0.3, -0.25) is 18.7 Å². The third-order valence-corrected chi connectivity index (χ3v) is 5.10. The topological polar surface area (TPSA) is 73.0 Å². The first-order chi connectivity index (χ1) is 12.6. The van der Waals surface area contributed by atoms with E-state index in [1.807, 2.05) is 24.3 Å². The molecular formula is C19H21N5O2. The van der Waals surface area contributed by atoms with Gasteiger partial charge in [0.1, 0.15) is 0 Å². The van der Waals surface area contributed by atoms with Crippen molar-refractivity contribution in [2.24, 2.45) is 13.0 Å². The maximum atomic E-state index is 12.6. The van der Waals surface area contributed by atoms with Crippen molar-refractivity contribution in [1.29, 1.82) is 0 Å². The SMILES string of the molecule is Cn1c(N2CCC(Cn3cnccc3=O)CC2)nc2ccccc2c1=O. The quantitative estimate of drug-likeness (QED) is 0.713. The summed E-state index contributed by atoms with van der Waals surface area (Å²) in [7, 11) is 1.78. The van der Waals surface area contributed by atoms with Crippen molar-refractivity contribution in [2.75, 3.05) is 18.0 Å². The Bertz CT molecular complexity index is 1050. The third kappa shape index (κ3) is 3.00. The van der Waals surface area contributed by atoms with Gasteiger partial charge in [0.25, 0.3) is 11.1 Å². The Morgan fingerprint density at radius 1 is 1.12 bits per heavy atom. The average Bonchev–Trinajstić information content (AvgIpc) is 2.67. The zero-order chi connectivity index (χ0) is 18.1. The lowest BCUT2D eigenvalue weighted by Crippen LogP contribution is -2.39. The number of aromatic nitrogens is 4. The van der Waals surface area contributed by atoms with Gasteiger partial charge in [-0.15, -0.1) is 0 Å². The first-order valence-corrected chi connectivity index (χ1v) is 8.84. The molecule has 3 heterocycles. The summed E-state index contributed by atoms with van der Waals surface area (Å²) in [5.74, 6) is 1.14. The van der Waals surface area contributed by atoms with Crippen LogP contribution < -0.4 is 16.0 Å². The highest BCUT2D eigenvalue weighted by atomic mass is 16.1. The molecule has 0 saturated carbocycles. The van der Waals surface area contributed by atoms with Crippen molar-refractivity contribution in [3.8, 4) is 0 Å². The molecule has 7 nitrogen and oxygen atoms in total. The lowest BCUT2D eigenvalue weighted by Gasteiger charge is -2.33. The first kappa shape index (κ1) is 16.5. The smallest absolute Gasteiger partial charge is 0.262 e. The molecule has 2 aromatic heterocycles. The molecule has 4 rings (SSSR count). The molecule has 0 aliphatic carbocycles. The molecule has 0 bridgehead atoms. The standard InChI is InChI=1S/C19H21N5O2/c1-22-18(26)15-4-2-3-5-16(15)21-19(22)23-10-7-14(8-11-23)12-24-13-20-9-6-17(24)25/h2-6,9,13-14H,7-8,10-12H2,1H3. The second-order valence-corrected chi connectivity index (χ2v) is 6.79. The van der Waals surface area contributed by atoms with Gasteiger partial charge in [-0.25, -0.2) is 9.97 Å². The van der Waals surface area contributed by atoms with Gasteiger partial charge in [-0.1, -0.05) is 12.1 Å². The highest BCUT2D eigenvalue weighted by molar-refractivity contribution is 5.78. The van der Waals surface area contributed by atoms with Crippen LogP contribution in [0.15, 0.2) is 52.4 Å². The van der Waals surface area contributed by atoms with Crippen LogP contribution in [0, 0.1) is 5.92 Å². The number of nitrogens with zero attached hydrogens (tertiary/aromatic N) is 5. The molecule has 0 N–H and O–H groups in total. The van der Waals surface area contributed by atoms with Crippen LogP contribution in [-0.2, 0) is 13.6 Å². The van der Waals surface area contributed by atoms with E-state index in [1.54, 1.807) is 22.5 Å². The van der Waals surface area contributed by atoms with Crippen LogP contribution in [-0.4, -0.2) is 32.2 Å². The van der Waals surface area contributed by atoms with Gasteiger partial charge in [0.05, 0.1) is 17.2 Å². The summed E-state index contributed by atoms with van der Waals surface area (Å²) in [6.45, 7) is 2.32. The molecule has 0 unspecified atom stereocenters. The predicted molar refractivity (Wildman–Crippen MR) is 100 cm³/mol. The number of piperidine rings is 1. The van der Waals surface area contributed by atoms with E-state index in [0.29, 0.717) is 23.8 Å². The lowest BCUT2D eigenvalue weighted by molar-refractivity contribution is 0.348. The molecule has 1 aliphatic heterocycles. The monoisotopic (exact) mass is 351 g/mol. The zero-order valence-corrected chi connectivity index (χ0v) is 14.7. The van der Waals surface area contributed by atoms with E-state index < -0.39 is 0 Å². The van der Waals surface area contributed by atoms with E-state index in [2.05, 4.69) is 9.88 Å². The Hall–Kier alpha value is -2.96. The minimum Gasteiger partial charge on any atom is -0.342 e. The summed E-state index contributed by atoms with van der Waals surface area (Å²) in [6, 6.07) is 8.94. The summed E-state index contributed by atoms with van der Waals surface area (Å²) < 4.78 is 3.30. The summed E-state index contributed by atoms with van der Waals surface area (Å²) in [4.78, 5) is 35.3. The summed E-state index contributed by atoms with van der Waals surface area (Å²) >= 11 is 0. The Morgan fingerprint density at radius 2 is 1.88 bits per heavy atom. The molecule has 0 spiro atoms. The van der Waals surface area contributed by atoms with E-state index in [1.165, 1.54) is 12.3 Å². The molecule has 3 aromatic rings. The largest absolute Gasteiger partial charge is 0.342 e. The van der Waals surface area contributed by atoms with Gasteiger partial charge in [-0.05, 0) is 30.9 Å². The van der Waals surface area contributed by atoms with Crippen LogP contribution >= 0.6 is 0 Å². The van der Waals surface area contributed by atoms with E-state index in [9.17, 15) is 9.59 Å². The summed E-state index contributed by atoms with van der Waals surface area (Å²) in [5, 5.41) is 0.643. The zero-order valence-electron chi connectivity index (χ0n) is 14.7. The molecule has 1 fully saturated rings. The number of rotatable bonds is 3. The molecule has 26 heavy (non-hydrogen) atoms. The molecular weight excluding hydrogens is 330 g/mol. The number of hydrogen-bond donors (Lipinski definition) is 0. The maximum absolute atomic E-state index is 12.6. The molecule has 0 radical (unpaired) electrons. The van der Waals surface area contributed by atoms with Gasteiger partial charge in [-0.2, -0.15) is 0 Å². The Labute approximate surface area is 150 Å². The second kappa shape index (κ2) is 6.74. The van der Waals surface area contributed by atoms with E-state index in [4.69, 9.17) is 4.98 Å². The number of para-hydroxylation sites is 1. The van der Waals surface area contributed by atoms with Crippen LogP contribution in [0.1, 0.15) is 12.8 Å². The lowest BCUT2D eigenvalue weighted by atomic mass is 9.97. The van der Waals surface area contributed by atoms with Crippen molar-refractivity contribution >= 4 is 16.9 Å². The molecule has 0 atom stereocenters. The highest BCUT2D eigenvalue weighted by Crippen LogP contribution is 2.23. The van der Waals surface area contributed by atoms with Crippen LogP contribution in [0.25, 0.3) is 10.9 Å². The van der Waals surface area contributed by atoms with Gasteiger partial charge in [0, 0.05) is 38.9 Å². The Kier molecular flexibility index (Phi) is 4.28. The molecule has 7 heteroatoms. The van der Waals surface area contributed by atoms with Crippen LogP contribution in [0.4, 0.5) is 5.95 Å². The molecule has 1 aromatic carbocycles. The van der Waals surface area contributed by atoms with E-state index in [-0.39, 0.29) is 11.1 Å². The van der Waals surface area contributed by atoms with Gasteiger partial charge in [0.2, 0.25) is 5.95 Å². The number of hydrogen-bond acceptors (Lipinski definition) is 5. The predicted octanol–water partition coefficient (Wildman–Crippen LogP) is 1.41. The fourth-order valence-electron chi connectivity index (χ4n) is 3.60. The molecule has 1 aliphatic rings. The maximum Gasteiger partial charge on any atom is 0.262 e.